The molecule has 0 aliphatic heterocycles. The summed E-state index contributed by atoms with van der Waals surface area (Å²) in [6.07, 6.45) is 6.78. The van der Waals surface area contributed by atoms with Gasteiger partial charge in [0.2, 0.25) is 0 Å². The van der Waals surface area contributed by atoms with Crippen LogP contribution in [0.2, 0.25) is 0 Å². The van der Waals surface area contributed by atoms with Crippen molar-refractivity contribution in [1.82, 2.24) is 19.6 Å². The smallest absolute Gasteiger partial charge is 0.254 e. The van der Waals surface area contributed by atoms with E-state index in [1.165, 1.54) is 32.0 Å². The van der Waals surface area contributed by atoms with E-state index in [1.54, 1.807) is 11.6 Å². The van der Waals surface area contributed by atoms with E-state index < -0.39 is 0 Å². The first-order chi connectivity index (χ1) is 9.70. The fourth-order valence-electron chi connectivity index (χ4n) is 2.92. The van der Waals surface area contributed by atoms with Gasteiger partial charge in [0.1, 0.15) is 12.1 Å². The van der Waals surface area contributed by atoms with Crippen LogP contribution in [0.15, 0.2) is 12.4 Å². The van der Waals surface area contributed by atoms with Gasteiger partial charge in [0.15, 0.2) is 0 Å². The third kappa shape index (κ3) is 2.60. The Balaban J connectivity index is 1.83. The van der Waals surface area contributed by atoms with Crippen molar-refractivity contribution in [2.75, 3.05) is 19.0 Å². The number of nitrogens with zero attached hydrogens (tertiary/aromatic N) is 4. The maximum absolute atomic E-state index is 5.16. The first-order valence-electron chi connectivity index (χ1n) is 7.13. The molecule has 2 aromatic heterocycles. The number of fused-ring (bicyclic) bond motifs is 1. The second-order valence-electron chi connectivity index (χ2n) is 5.91. The standard InChI is InChI=1S/C14H21N5O/c1-14(5-3-4-6-14)9-15-12-7-11(8-20-2)18-13-16-10-17-19(12)13/h7,10,15H,3-6,8-9H2,1-2H3. The van der Waals surface area contributed by atoms with Crippen molar-refractivity contribution in [3.05, 3.63) is 18.1 Å². The Bertz CT molecular complexity index is 588. The average Bonchev–Trinajstić information content (AvgIpc) is 3.06. The van der Waals surface area contributed by atoms with Crippen LogP contribution < -0.4 is 5.32 Å². The number of methoxy groups -OCH3 is 1. The van der Waals surface area contributed by atoms with E-state index in [2.05, 4.69) is 27.3 Å². The lowest BCUT2D eigenvalue weighted by Gasteiger charge is -2.24. The summed E-state index contributed by atoms with van der Waals surface area (Å²) >= 11 is 0. The molecular formula is C14H21N5O. The van der Waals surface area contributed by atoms with Crippen molar-refractivity contribution in [3.63, 3.8) is 0 Å². The summed E-state index contributed by atoms with van der Waals surface area (Å²) in [6.45, 7) is 3.79. The lowest BCUT2D eigenvalue weighted by atomic mass is 9.89. The molecule has 2 heterocycles. The molecule has 0 aromatic carbocycles. The van der Waals surface area contributed by atoms with Crippen molar-refractivity contribution in [2.45, 2.75) is 39.2 Å². The average molecular weight is 275 g/mol. The van der Waals surface area contributed by atoms with E-state index in [0.29, 0.717) is 17.8 Å². The van der Waals surface area contributed by atoms with Gasteiger partial charge >= 0.3 is 0 Å². The Kier molecular flexibility index (Phi) is 3.56. The van der Waals surface area contributed by atoms with Gasteiger partial charge in [-0.3, -0.25) is 0 Å². The zero-order valence-corrected chi connectivity index (χ0v) is 12.1. The highest BCUT2D eigenvalue weighted by atomic mass is 16.5. The number of hydrogen-bond donors (Lipinski definition) is 1. The monoisotopic (exact) mass is 275 g/mol. The number of rotatable bonds is 5. The molecule has 0 spiro atoms. The first-order valence-corrected chi connectivity index (χ1v) is 7.13. The van der Waals surface area contributed by atoms with Crippen molar-refractivity contribution in [2.24, 2.45) is 5.41 Å². The number of anilines is 1. The van der Waals surface area contributed by atoms with Gasteiger partial charge in [0, 0.05) is 19.7 Å². The summed E-state index contributed by atoms with van der Waals surface area (Å²) in [6, 6.07) is 1.99. The summed E-state index contributed by atoms with van der Waals surface area (Å²) in [5.41, 5.74) is 1.25. The fourth-order valence-corrected chi connectivity index (χ4v) is 2.92. The van der Waals surface area contributed by atoms with Crippen LogP contribution in [0.3, 0.4) is 0 Å². The van der Waals surface area contributed by atoms with Gasteiger partial charge in [-0.1, -0.05) is 19.8 Å². The van der Waals surface area contributed by atoms with Crippen LogP contribution in [0.1, 0.15) is 38.3 Å². The van der Waals surface area contributed by atoms with Crippen LogP contribution in [0.25, 0.3) is 5.78 Å². The molecule has 2 aromatic rings. The van der Waals surface area contributed by atoms with Crippen LogP contribution in [-0.2, 0) is 11.3 Å². The third-order valence-electron chi connectivity index (χ3n) is 4.10. The van der Waals surface area contributed by atoms with Gasteiger partial charge in [0.25, 0.3) is 5.78 Å². The van der Waals surface area contributed by atoms with Gasteiger partial charge in [-0.2, -0.15) is 14.6 Å². The quantitative estimate of drug-likeness (QED) is 0.906. The Morgan fingerprint density at radius 3 is 2.95 bits per heavy atom. The lowest BCUT2D eigenvalue weighted by Crippen LogP contribution is -2.24. The predicted molar refractivity (Wildman–Crippen MR) is 76.6 cm³/mol. The summed E-state index contributed by atoms with van der Waals surface area (Å²) < 4.78 is 6.91. The molecule has 0 atom stereocenters. The molecule has 0 saturated heterocycles. The highest BCUT2D eigenvalue weighted by Gasteiger charge is 2.28. The second-order valence-corrected chi connectivity index (χ2v) is 5.91. The molecule has 0 bridgehead atoms. The number of nitrogens with one attached hydrogen (secondary N) is 1. The molecule has 1 saturated carbocycles. The molecule has 3 rings (SSSR count). The minimum absolute atomic E-state index is 0.387. The maximum Gasteiger partial charge on any atom is 0.254 e. The van der Waals surface area contributed by atoms with Crippen LogP contribution in [0, 0.1) is 5.41 Å². The minimum Gasteiger partial charge on any atom is -0.378 e. The van der Waals surface area contributed by atoms with Crippen LogP contribution in [0.5, 0.6) is 0 Å². The third-order valence-corrected chi connectivity index (χ3v) is 4.10. The predicted octanol–water partition coefficient (Wildman–Crippen LogP) is 2.26. The molecular weight excluding hydrogens is 254 g/mol. The maximum atomic E-state index is 5.16. The van der Waals surface area contributed by atoms with Gasteiger partial charge in [-0.05, 0) is 18.3 Å². The van der Waals surface area contributed by atoms with E-state index >= 15 is 0 Å². The van der Waals surface area contributed by atoms with Gasteiger partial charge in [-0.15, -0.1) is 0 Å². The molecule has 0 amide bonds. The number of ether oxygens (including phenoxy) is 1. The lowest BCUT2D eigenvalue weighted by molar-refractivity contribution is 0.181. The summed E-state index contributed by atoms with van der Waals surface area (Å²) in [4.78, 5) is 8.57. The number of aromatic nitrogens is 4. The van der Waals surface area contributed by atoms with Gasteiger partial charge in [-0.25, -0.2) is 4.98 Å². The molecule has 1 fully saturated rings. The van der Waals surface area contributed by atoms with Crippen molar-refractivity contribution < 1.29 is 4.74 Å². The highest BCUT2D eigenvalue weighted by molar-refractivity contribution is 5.45. The molecule has 1 aliphatic carbocycles. The largest absolute Gasteiger partial charge is 0.378 e. The Labute approximate surface area is 118 Å². The zero-order chi connectivity index (χ0) is 14.0. The summed E-state index contributed by atoms with van der Waals surface area (Å²) in [5.74, 6) is 1.55. The van der Waals surface area contributed by atoms with Crippen LogP contribution in [0.4, 0.5) is 5.82 Å². The Morgan fingerprint density at radius 1 is 1.40 bits per heavy atom. The van der Waals surface area contributed by atoms with E-state index in [-0.39, 0.29) is 0 Å². The van der Waals surface area contributed by atoms with Crippen molar-refractivity contribution in [3.8, 4) is 0 Å². The van der Waals surface area contributed by atoms with Crippen LogP contribution in [-0.4, -0.2) is 33.2 Å². The normalized spacial score (nSPS) is 17.7. The Morgan fingerprint density at radius 2 is 2.20 bits per heavy atom. The van der Waals surface area contributed by atoms with E-state index in [4.69, 9.17) is 4.74 Å². The Hall–Kier alpha value is -1.69. The van der Waals surface area contributed by atoms with Gasteiger partial charge < -0.3 is 10.1 Å². The van der Waals surface area contributed by atoms with Crippen LogP contribution >= 0.6 is 0 Å². The first kappa shape index (κ1) is 13.3. The molecule has 6 heteroatoms. The molecule has 20 heavy (non-hydrogen) atoms. The summed E-state index contributed by atoms with van der Waals surface area (Å²) in [5, 5.41) is 7.75. The fraction of sp³-hybridized carbons (Fsp3) is 0.643. The van der Waals surface area contributed by atoms with Gasteiger partial charge in [0.05, 0.1) is 12.3 Å². The van der Waals surface area contributed by atoms with E-state index in [1.807, 2.05) is 6.07 Å². The topological polar surface area (TPSA) is 64.3 Å². The molecule has 108 valence electrons. The molecule has 1 aliphatic rings. The van der Waals surface area contributed by atoms with Crippen molar-refractivity contribution in [1.29, 1.82) is 0 Å². The second kappa shape index (κ2) is 5.36. The summed E-state index contributed by atoms with van der Waals surface area (Å²) in [7, 11) is 1.67. The SMILES string of the molecule is COCc1cc(NCC2(C)CCCC2)n2ncnc2n1. The number of hydrogen-bond acceptors (Lipinski definition) is 5. The molecule has 0 radical (unpaired) electrons. The molecule has 1 N–H and O–H groups in total. The van der Waals surface area contributed by atoms with Crippen molar-refractivity contribution >= 4 is 11.6 Å². The highest BCUT2D eigenvalue weighted by Crippen LogP contribution is 2.37. The zero-order valence-electron chi connectivity index (χ0n) is 12.1. The minimum atomic E-state index is 0.387. The molecule has 6 nitrogen and oxygen atoms in total. The van der Waals surface area contributed by atoms with E-state index in [9.17, 15) is 0 Å². The molecule has 0 unspecified atom stereocenters. The van der Waals surface area contributed by atoms with E-state index in [0.717, 1.165) is 18.1 Å².